The molecule has 0 saturated carbocycles. The van der Waals surface area contributed by atoms with Gasteiger partial charge in [0.1, 0.15) is 18.1 Å². The van der Waals surface area contributed by atoms with Crippen molar-refractivity contribution in [2.24, 2.45) is 0 Å². The molecule has 1 aromatic rings. The van der Waals surface area contributed by atoms with Crippen LogP contribution in [0.15, 0.2) is 29.2 Å². The van der Waals surface area contributed by atoms with E-state index >= 15 is 0 Å². The molecule has 6 heteroatoms. The number of nitriles is 1. The maximum absolute atomic E-state index is 12.8. The van der Waals surface area contributed by atoms with Crippen LogP contribution >= 0.6 is 0 Å². The second kappa shape index (κ2) is 5.98. The van der Waals surface area contributed by atoms with E-state index in [4.69, 9.17) is 5.26 Å². The summed E-state index contributed by atoms with van der Waals surface area (Å²) in [6, 6.07) is 6.99. The Morgan fingerprint density at radius 3 is 2.94 bits per heavy atom. The third-order valence-corrected chi connectivity index (χ3v) is 2.99. The molecule has 0 aromatic heterocycles. The summed E-state index contributed by atoms with van der Waals surface area (Å²) in [6.45, 7) is -0.126. The highest BCUT2D eigenvalue weighted by molar-refractivity contribution is 7.85. The van der Waals surface area contributed by atoms with E-state index in [1.54, 1.807) is 6.07 Å². The Labute approximate surface area is 94.5 Å². The number of benzene rings is 1. The Hall–Kier alpha value is -1.74. The number of nitrogens with zero attached hydrogens (tertiary/aromatic N) is 1. The molecule has 0 aliphatic heterocycles. The summed E-state index contributed by atoms with van der Waals surface area (Å²) in [5, 5.41) is 10.5. The smallest absolute Gasteiger partial charge is 0.233 e. The first-order chi connectivity index (χ1) is 7.63. The fourth-order valence-electron chi connectivity index (χ4n) is 1.00. The molecule has 1 rings (SSSR count). The van der Waals surface area contributed by atoms with Gasteiger partial charge in [0.05, 0.1) is 16.9 Å². The number of amides is 1. The van der Waals surface area contributed by atoms with Gasteiger partial charge in [-0.25, -0.2) is 4.39 Å². The minimum atomic E-state index is -1.59. The lowest BCUT2D eigenvalue weighted by molar-refractivity contribution is -0.118. The third-order valence-electron chi connectivity index (χ3n) is 1.69. The van der Waals surface area contributed by atoms with Gasteiger partial charge in [-0.1, -0.05) is 6.07 Å². The van der Waals surface area contributed by atoms with Crippen LogP contribution in [0.5, 0.6) is 0 Å². The predicted molar refractivity (Wildman–Crippen MR) is 56.3 cm³/mol. The Kier molecular flexibility index (Phi) is 4.61. The predicted octanol–water partition coefficient (Wildman–Crippen LogP) is 0.573. The Morgan fingerprint density at radius 1 is 1.56 bits per heavy atom. The molecular formula is C10H9FN2O2S. The SMILES string of the molecule is N#CCNC(=O)CS(=O)c1cccc(F)c1. The van der Waals surface area contributed by atoms with Crippen LogP contribution in [0.3, 0.4) is 0 Å². The van der Waals surface area contributed by atoms with Gasteiger partial charge in [0.2, 0.25) is 5.91 Å². The molecule has 84 valence electrons. The van der Waals surface area contributed by atoms with E-state index < -0.39 is 22.5 Å². The summed E-state index contributed by atoms with van der Waals surface area (Å²) in [7, 11) is -1.59. The van der Waals surface area contributed by atoms with Crippen molar-refractivity contribution in [2.45, 2.75) is 4.90 Å². The Balaban J connectivity index is 2.59. The van der Waals surface area contributed by atoms with Gasteiger partial charge in [-0.3, -0.25) is 9.00 Å². The monoisotopic (exact) mass is 240 g/mol. The quantitative estimate of drug-likeness (QED) is 0.782. The first kappa shape index (κ1) is 12.3. The highest BCUT2D eigenvalue weighted by Gasteiger charge is 2.10. The summed E-state index contributed by atoms with van der Waals surface area (Å²) in [5.41, 5.74) is 0. The minimum absolute atomic E-state index is 0.126. The molecule has 0 heterocycles. The fraction of sp³-hybridized carbons (Fsp3) is 0.200. The normalized spacial score (nSPS) is 11.5. The van der Waals surface area contributed by atoms with Gasteiger partial charge in [0, 0.05) is 4.90 Å². The molecule has 0 bridgehead atoms. The molecule has 0 spiro atoms. The minimum Gasteiger partial charge on any atom is -0.342 e. The van der Waals surface area contributed by atoms with Crippen LogP contribution in [-0.2, 0) is 15.6 Å². The van der Waals surface area contributed by atoms with Crippen molar-refractivity contribution in [3.05, 3.63) is 30.1 Å². The zero-order chi connectivity index (χ0) is 12.0. The van der Waals surface area contributed by atoms with E-state index in [2.05, 4.69) is 5.32 Å². The van der Waals surface area contributed by atoms with Crippen LogP contribution in [0, 0.1) is 17.1 Å². The molecule has 1 amide bonds. The van der Waals surface area contributed by atoms with Crippen molar-refractivity contribution < 1.29 is 13.4 Å². The molecule has 0 aliphatic carbocycles. The summed E-state index contributed by atoms with van der Waals surface area (Å²) in [5.74, 6) is -1.27. The van der Waals surface area contributed by atoms with Crippen LogP contribution in [0.2, 0.25) is 0 Å². The summed E-state index contributed by atoms with van der Waals surface area (Å²) < 4.78 is 24.4. The van der Waals surface area contributed by atoms with E-state index in [1.165, 1.54) is 18.2 Å². The van der Waals surface area contributed by atoms with Crippen molar-refractivity contribution in [3.8, 4) is 6.07 Å². The number of carbonyl (C=O) groups excluding carboxylic acids is 1. The molecule has 0 radical (unpaired) electrons. The van der Waals surface area contributed by atoms with Crippen LogP contribution in [-0.4, -0.2) is 22.4 Å². The lowest BCUT2D eigenvalue weighted by atomic mass is 10.4. The van der Waals surface area contributed by atoms with Gasteiger partial charge in [-0.2, -0.15) is 5.26 Å². The van der Waals surface area contributed by atoms with E-state index in [-0.39, 0.29) is 17.2 Å². The van der Waals surface area contributed by atoms with Gasteiger partial charge in [0.15, 0.2) is 0 Å². The fourth-order valence-corrected chi connectivity index (χ4v) is 1.98. The van der Waals surface area contributed by atoms with E-state index in [9.17, 15) is 13.4 Å². The Bertz CT molecular complexity index is 456. The van der Waals surface area contributed by atoms with Gasteiger partial charge in [-0.15, -0.1) is 0 Å². The van der Waals surface area contributed by atoms with Crippen molar-refractivity contribution in [1.29, 1.82) is 5.26 Å². The number of nitrogens with one attached hydrogen (secondary N) is 1. The number of carbonyl (C=O) groups is 1. The highest BCUT2D eigenvalue weighted by atomic mass is 32.2. The average molecular weight is 240 g/mol. The lowest BCUT2D eigenvalue weighted by Gasteiger charge is -2.02. The van der Waals surface area contributed by atoms with Crippen LogP contribution < -0.4 is 5.32 Å². The topological polar surface area (TPSA) is 70.0 Å². The van der Waals surface area contributed by atoms with Crippen LogP contribution in [0.1, 0.15) is 0 Å². The van der Waals surface area contributed by atoms with E-state index in [0.717, 1.165) is 6.07 Å². The largest absolute Gasteiger partial charge is 0.342 e. The number of halogens is 1. The second-order valence-corrected chi connectivity index (χ2v) is 4.33. The molecule has 16 heavy (non-hydrogen) atoms. The Morgan fingerprint density at radius 2 is 2.31 bits per heavy atom. The molecule has 0 saturated heterocycles. The first-order valence-electron chi connectivity index (χ1n) is 4.41. The average Bonchev–Trinajstić information content (AvgIpc) is 2.26. The van der Waals surface area contributed by atoms with Gasteiger partial charge >= 0.3 is 0 Å². The van der Waals surface area contributed by atoms with E-state index in [0.29, 0.717) is 0 Å². The van der Waals surface area contributed by atoms with Gasteiger partial charge in [0.25, 0.3) is 0 Å². The van der Waals surface area contributed by atoms with Crippen molar-refractivity contribution in [3.63, 3.8) is 0 Å². The standard InChI is InChI=1S/C10H9FN2O2S/c11-8-2-1-3-9(6-8)16(15)7-10(14)13-5-4-12/h1-3,6H,5,7H2,(H,13,14). The van der Waals surface area contributed by atoms with Gasteiger partial charge < -0.3 is 5.32 Å². The third kappa shape index (κ3) is 3.79. The van der Waals surface area contributed by atoms with Gasteiger partial charge in [-0.05, 0) is 18.2 Å². The molecular weight excluding hydrogens is 231 g/mol. The summed E-state index contributed by atoms with van der Waals surface area (Å²) in [6.07, 6.45) is 0. The summed E-state index contributed by atoms with van der Waals surface area (Å²) in [4.78, 5) is 11.4. The van der Waals surface area contributed by atoms with E-state index in [1.807, 2.05) is 0 Å². The maximum Gasteiger partial charge on any atom is 0.233 e. The summed E-state index contributed by atoms with van der Waals surface area (Å²) >= 11 is 0. The zero-order valence-electron chi connectivity index (χ0n) is 8.27. The van der Waals surface area contributed by atoms with Crippen molar-refractivity contribution in [1.82, 2.24) is 5.32 Å². The number of rotatable bonds is 4. The molecule has 0 fully saturated rings. The lowest BCUT2D eigenvalue weighted by Crippen LogP contribution is -2.28. The zero-order valence-corrected chi connectivity index (χ0v) is 9.09. The van der Waals surface area contributed by atoms with Crippen molar-refractivity contribution >= 4 is 16.7 Å². The molecule has 1 unspecified atom stereocenters. The maximum atomic E-state index is 12.8. The van der Waals surface area contributed by atoms with Crippen LogP contribution in [0.4, 0.5) is 4.39 Å². The van der Waals surface area contributed by atoms with Crippen LogP contribution in [0.25, 0.3) is 0 Å². The number of hydrogen-bond donors (Lipinski definition) is 1. The molecule has 1 atom stereocenters. The highest BCUT2D eigenvalue weighted by Crippen LogP contribution is 2.08. The second-order valence-electron chi connectivity index (χ2n) is 2.88. The number of hydrogen-bond acceptors (Lipinski definition) is 3. The molecule has 0 aliphatic rings. The molecule has 4 nitrogen and oxygen atoms in total. The molecule has 1 aromatic carbocycles. The van der Waals surface area contributed by atoms with Crippen molar-refractivity contribution in [2.75, 3.05) is 12.3 Å². The first-order valence-corrected chi connectivity index (χ1v) is 5.73. The molecule has 1 N–H and O–H groups in total.